The van der Waals surface area contributed by atoms with Gasteiger partial charge in [0, 0.05) is 17.3 Å². The number of hydrogen-bond donors (Lipinski definition) is 2. The zero-order valence-corrected chi connectivity index (χ0v) is 13.7. The molecular formula is C13H19BrN2O3S. The lowest BCUT2D eigenvalue weighted by molar-refractivity contribution is 0.0606. The molecule has 1 aromatic rings. The van der Waals surface area contributed by atoms with Gasteiger partial charge < -0.3 is 10.1 Å². The number of sulfonamides is 1. The number of nitrogens with one attached hydrogen (secondary N) is 1. The van der Waals surface area contributed by atoms with Gasteiger partial charge in [0.15, 0.2) is 0 Å². The predicted octanol–water partition coefficient (Wildman–Crippen LogP) is 2.47. The van der Waals surface area contributed by atoms with Crippen molar-refractivity contribution >= 4 is 31.6 Å². The molecule has 1 aromatic carbocycles. The van der Waals surface area contributed by atoms with Gasteiger partial charge in [0.1, 0.15) is 0 Å². The Kier molecular flexibility index (Phi) is 5.06. The van der Waals surface area contributed by atoms with Gasteiger partial charge in [0.2, 0.25) is 10.0 Å². The molecule has 0 bridgehead atoms. The number of ether oxygens (including phenoxy) is 1. The van der Waals surface area contributed by atoms with Crippen molar-refractivity contribution in [1.82, 2.24) is 0 Å². The third kappa shape index (κ3) is 3.72. The van der Waals surface area contributed by atoms with E-state index in [0.29, 0.717) is 4.47 Å². The van der Waals surface area contributed by atoms with Crippen molar-refractivity contribution in [3.05, 3.63) is 22.7 Å². The molecule has 0 aliphatic heterocycles. The molecule has 2 unspecified atom stereocenters. The van der Waals surface area contributed by atoms with Gasteiger partial charge in [0.25, 0.3) is 0 Å². The van der Waals surface area contributed by atoms with E-state index in [1.165, 1.54) is 25.0 Å². The van der Waals surface area contributed by atoms with Crippen LogP contribution in [0.15, 0.2) is 27.6 Å². The van der Waals surface area contributed by atoms with E-state index in [1.807, 2.05) is 0 Å². The van der Waals surface area contributed by atoms with Gasteiger partial charge in [-0.1, -0.05) is 12.8 Å². The molecule has 1 aliphatic rings. The first-order valence-electron chi connectivity index (χ1n) is 6.53. The second kappa shape index (κ2) is 6.43. The van der Waals surface area contributed by atoms with Crippen LogP contribution in [0.5, 0.6) is 0 Å². The van der Waals surface area contributed by atoms with Crippen molar-refractivity contribution < 1.29 is 13.2 Å². The van der Waals surface area contributed by atoms with Crippen LogP contribution < -0.4 is 10.5 Å². The topological polar surface area (TPSA) is 81.4 Å². The molecule has 5 nitrogen and oxygen atoms in total. The summed E-state index contributed by atoms with van der Waals surface area (Å²) in [6, 6.07) is 4.99. The van der Waals surface area contributed by atoms with Crippen LogP contribution in [0.2, 0.25) is 0 Å². The minimum atomic E-state index is -3.67. The van der Waals surface area contributed by atoms with E-state index < -0.39 is 10.0 Å². The van der Waals surface area contributed by atoms with Gasteiger partial charge in [-0.3, -0.25) is 0 Å². The van der Waals surface area contributed by atoms with Crippen LogP contribution >= 0.6 is 15.9 Å². The highest BCUT2D eigenvalue weighted by Gasteiger charge is 2.25. The van der Waals surface area contributed by atoms with Crippen LogP contribution in [0.25, 0.3) is 0 Å². The summed E-state index contributed by atoms with van der Waals surface area (Å²) < 4.78 is 28.8. The Balaban J connectivity index is 2.17. The molecule has 0 heterocycles. The summed E-state index contributed by atoms with van der Waals surface area (Å²) in [5, 5.41) is 8.54. The predicted molar refractivity (Wildman–Crippen MR) is 82.2 cm³/mol. The highest BCUT2D eigenvalue weighted by atomic mass is 79.9. The monoisotopic (exact) mass is 362 g/mol. The number of rotatable bonds is 4. The molecule has 2 rings (SSSR count). The van der Waals surface area contributed by atoms with E-state index in [9.17, 15) is 8.42 Å². The first-order valence-corrected chi connectivity index (χ1v) is 8.87. The average molecular weight is 363 g/mol. The van der Waals surface area contributed by atoms with Crippen molar-refractivity contribution in [2.75, 3.05) is 12.4 Å². The van der Waals surface area contributed by atoms with Crippen LogP contribution in [-0.4, -0.2) is 27.7 Å². The summed E-state index contributed by atoms with van der Waals surface area (Å²) in [4.78, 5) is 0.0989. The minimum absolute atomic E-state index is 0.0989. The molecule has 1 fully saturated rings. The lowest BCUT2D eigenvalue weighted by Crippen LogP contribution is -2.37. The quantitative estimate of drug-likeness (QED) is 0.861. The number of hydrogen-bond acceptors (Lipinski definition) is 4. The zero-order chi connectivity index (χ0) is 14.8. The fourth-order valence-corrected chi connectivity index (χ4v) is 3.72. The molecule has 2 atom stereocenters. The Morgan fingerprint density at radius 2 is 2.05 bits per heavy atom. The fraction of sp³-hybridized carbons (Fsp3) is 0.538. The van der Waals surface area contributed by atoms with Crippen molar-refractivity contribution in [2.24, 2.45) is 5.14 Å². The molecule has 20 heavy (non-hydrogen) atoms. The van der Waals surface area contributed by atoms with E-state index in [4.69, 9.17) is 9.88 Å². The van der Waals surface area contributed by atoms with E-state index in [2.05, 4.69) is 21.2 Å². The molecule has 0 saturated heterocycles. The number of nitrogens with two attached hydrogens (primary N) is 1. The van der Waals surface area contributed by atoms with E-state index in [1.54, 1.807) is 13.2 Å². The molecule has 0 aromatic heterocycles. The summed E-state index contributed by atoms with van der Waals surface area (Å²) in [5.74, 6) is 0. The summed E-state index contributed by atoms with van der Waals surface area (Å²) in [6.45, 7) is 0. The molecule has 0 radical (unpaired) electrons. The number of benzene rings is 1. The van der Waals surface area contributed by atoms with Crippen molar-refractivity contribution in [3.63, 3.8) is 0 Å². The highest BCUT2D eigenvalue weighted by Crippen LogP contribution is 2.29. The molecule has 112 valence electrons. The van der Waals surface area contributed by atoms with Crippen LogP contribution in [0.1, 0.15) is 25.7 Å². The summed E-state index contributed by atoms with van der Waals surface area (Å²) in [7, 11) is -1.95. The Hall–Kier alpha value is -0.630. The lowest BCUT2D eigenvalue weighted by Gasteiger charge is -2.32. The smallest absolute Gasteiger partial charge is 0.238 e. The Morgan fingerprint density at radius 3 is 2.65 bits per heavy atom. The molecule has 1 saturated carbocycles. The first kappa shape index (κ1) is 15.8. The number of halogens is 1. The van der Waals surface area contributed by atoms with E-state index >= 15 is 0 Å². The second-order valence-electron chi connectivity index (χ2n) is 5.00. The third-order valence-corrected chi connectivity index (χ3v) is 5.18. The Morgan fingerprint density at radius 1 is 1.35 bits per heavy atom. The molecule has 3 N–H and O–H groups in total. The van der Waals surface area contributed by atoms with Gasteiger partial charge in [-0.05, 0) is 47.0 Å². The largest absolute Gasteiger partial charge is 0.379 e. The average Bonchev–Trinajstić information content (AvgIpc) is 2.40. The Labute approximate surface area is 128 Å². The van der Waals surface area contributed by atoms with Crippen LogP contribution in [0.3, 0.4) is 0 Å². The normalized spacial score (nSPS) is 23.6. The number of methoxy groups -OCH3 is 1. The summed E-state index contributed by atoms with van der Waals surface area (Å²) in [5.41, 5.74) is 0.853. The van der Waals surface area contributed by atoms with Crippen molar-refractivity contribution in [2.45, 2.75) is 42.7 Å². The van der Waals surface area contributed by atoms with Crippen LogP contribution in [-0.2, 0) is 14.8 Å². The Bertz CT molecular complexity index is 577. The first-order chi connectivity index (χ1) is 9.41. The van der Waals surface area contributed by atoms with Crippen molar-refractivity contribution in [1.29, 1.82) is 0 Å². The van der Waals surface area contributed by atoms with Crippen LogP contribution in [0.4, 0.5) is 5.69 Å². The number of primary sulfonamides is 1. The maximum absolute atomic E-state index is 11.3. The van der Waals surface area contributed by atoms with Gasteiger partial charge >= 0.3 is 0 Å². The number of anilines is 1. The maximum Gasteiger partial charge on any atom is 0.238 e. The molecule has 1 aliphatic carbocycles. The molecule has 0 spiro atoms. The maximum atomic E-state index is 11.3. The SMILES string of the molecule is COC1CCCCC1Nc1ccc(S(N)(=O)=O)cc1Br. The third-order valence-electron chi connectivity index (χ3n) is 3.62. The second-order valence-corrected chi connectivity index (χ2v) is 7.41. The van der Waals surface area contributed by atoms with E-state index in [0.717, 1.165) is 18.5 Å². The zero-order valence-electron chi connectivity index (χ0n) is 11.3. The van der Waals surface area contributed by atoms with E-state index in [-0.39, 0.29) is 17.0 Å². The van der Waals surface area contributed by atoms with Crippen LogP contribution in [0, 0.1) is 0 Å². The fourth-order valence-electron chi connectivity index (χ4n) is 2.53. The van der Waals surface area contributed by atoms with Crippen molar-refractivity contribution in [3.8, 4) is 0 Å². The lowest BCUT2D eigenvalue weighted by atomic mass is 9.92. The van der Waals surface area contributed by atoms with Gasteiger partial charge in [-0.15, -0.1) is 0 Å². The standard InChI is InChI=1S/C13H19BrN2O3S/c1-19-13-5-3-2-4-12(13)16-11-7-6-9(8-10(11)14)20(15,17)18/h6-8,12-13,16H,2-5H2,1H3,(H2,15,17,18). The van der Waals surface area contributed by atoms with Gasteiger partial charge in [-0.25, -0.2) is 13.6 Å². The highest BCUT2D eigenvalue weighted by molar-refractivity contribution is 9.10. The minimum Gasteiger partial charge on any atom is -0.379 e. The molecule has 7 heteroatoms. The van der Waals surface area contributed by atoms with Gasteiger partial charge in [0.05, 0.1) is 17.0 Å². The molecule has 0 amide bonds. The van der Waals surface area contributed by atoms with Gasteiger partial charge in [-0.2, -0.15) is 0 Å². The summed E-state index contributed by atoms with van der Waals surface area (Å²) >= 11 is 3.38. The summed E-state index contributed by atoms with van der Waals surface area (Å²) in [6.07, 6.45) is 4.63. The molecular weight excluding hydrogens is 344 g/mol.